The number of amides is 2. The summed E-state index contributed by atoms with van der Waals surface area (Å²) in [5.41, 5.74) is 1.92. The van der Waals surface area contributed by atoms with Gasteiger partial charge < -0.3 is 19.6 Å². The number of esters is 1. The van der Waals surface area contributed by atoms with Crippen LogP contribution in [0.3, 0.4) is 0 Å². The van der Waals surface area contributed by atoms with E-state index in [-0.39, 0.29) is 41.1 Å². The predicted molar refractivity (Wildman–Crippen MR) is 177 cm³/mol. The Morgan fingerprint density at radius 2 is 1.77 bits per heavy atom. The molecule has 3 saturated heterocycles. The first kappa shape index (κ1) is 32.5. The summed E-state index contributed by atoms with van der Waals surface area (Å²) < 4.78 is 4.94. The quantitative estimate of drug-likeness (QED) is 0.121. The van der Waals surface area contributed by atoms with Crippen LogP contribution in [0.1, 0.15) is 36.8 Å². The molecule has 7 nitrogen and oxygen atoms in total. The van der Waals surface area contributed by atoms with Crippen LogP contribution in [0.5, 0.6) is 0 Å². The second-order valence-electron chi connectivity index (χ2n) is 11.9. The van der Waals surface area contributed by atoms with Crippen molar-refractivity contribution in [3.05, 3.63) is 97.1 Å². The Morgan fingerprint density at radius 3 is 2.41 bits per heavy atom. The molecule has 44 heavy (non-hydrogen) atoms. The highest BCUT2D eigenvalue weighted by Crippen LogP contribution is 2.68. The standard InChI is InChI=1S/C35H41BrN2O5S/c1-3-5-6-13-19-43-34(42)28-29-32(40)38(26(23-39)20-24-14-9-7-10-15-24)31(35(29)21-27(36)30(28)44-35)33(41)37(18-4-2)22-25-16-11-8-12-17-25/h3-4,7-12,14-17,26-31,39H,1-2,5-6,13,18-23H2/t26-,27?,28+,29+,30+,31?,35?/m1/s1. The third-order valence-corrected chi connectivity index (χ3v) is 12.3. The van der Waals surface area contributed by atoms with E-state index >= 15 is 0 Å². The lowest BCUT2D eigenvalue weighted by Crippen LogP contribution is -2.58. The van der Waals surface area contributed by atoms with Crippen molar-refractivity contribution in [2.24, 2.45) is 11.8 Å². The van der Waals surface area contributed by atoms with Crippen LogP contribution in [-0.4, -0.2) is 79.4 Å². The van der Waals surface area contributed by atoms with E-state index in [9.17, 15) is 19.5 Å². The molecule has 1 N–H and O–H groups in total. The van der Waals surface area contributed by atoms with Gasteiger partial charge in [0, 0.05) is 23.2 Å². The molecule has 0 aromatic heterocycles. The van der Waals surface area contributed by atoms with Gasteiger partial charge in [0.2, 0.25) is 11.8 Å². The number of carbonyl (C=O) groups excluding carboxylic acids is 3. The number of aliphatic hydroxyl groups excluding tert-OH is 1. The van der Waals surface area contributed by atoms with Crippen LogP contribution < -0.4 is 0 Å². The average Bonchev–Trinajstić information content (AvgIpc) is 3.63. The molecule has 5 rings (SSSR count). The van der Waals surface area contributed by atoms with E-state index in [0.717, 1.165) is 30.4 Å². The van der Waals surface area contributed by atoms with Gasteiger partial charge >= 0.3 is 5.97 Å². The van der Waals surface area contributed by atoms with Gasteiger partial charge in [0.25, 0.3) is 0 Å². The highest BCUT2D eigenvalue weighted by molar-refractivity contribution is 9.09. The van der Waals surface area contributed by atoms with Crippen LogP contribution in [0.15, 0.2) is 86.0 Å². The number of ether oxygens (including phenoxy) is 1. The topological polar surface area (TPSA) is 87.1 Å². The molecule has 7 atom stereocenters. The molecule has 9 heteroatoms. The van der Waals surface area contributed by atoms with Crippen molar-refractivity contribution >= 4 is 45.5 Å². The van der Waals surface area contributed by atoms with Crippen LogP contribution in [0.25, 0.3) is 0 Å². The largest absolute Gasteiger partial charge is 0.465 e. The summed E-state index contributed by atoms with van der Waals surface area (Å²) in [5, 5.41) is 10.5. The number of hydrogen-bond acceptors (Lipinski definition) is 6. The number of alkyl halides is 1. The van der Waals surface area contributed by atoms with Gasteiger partial charge in [0.15, 0.2) is 0 Å². The second kappa shape index (κ2) is 14.5. The van der Waals surface area contributed by atoms with Crippen molar-refractivity contribution in [3.63, 3.8) is 0 Å². The van der Waals surface area contributed by atoms with E-state index in [1.165, 1.54) is 0 Å². The maximum atomic E-state index is 14.8. The second-order valence-corrected chi connectivity index (χ2v) is 14.6. The Balaban J connectivity index is 1.52. The Hall–Kier alpha value is -2.88. The summed E-state index contributed by atoms with van der Waals surface area (Å²) >= 11 is 5.41. The summed E-state index contributed by atoms with van der Waals surface area (Å²) in [6.45, 7) is 8.29. The monoisotopic (exact) mass is 680 g/mol. The minimum atomic E-state index is -0.857. The molecular formula is C35H41BrN2O5S. The number of thioether (sulfide) groups is 1. The number of benzene rings is 2. The highest BCUT2D eigenvalue weighted by atomic mass is 79.9. The van der Waals surface area contributed by atoms with Gasteiger partial charge in [-0.3, -0.25) is 14.4 Å². The SMILES string of the molecule is C=CCCCCOC(=O)[C@H]1[C@H]2C(=O)N([C@@H](CO)Cc3ccccc3)C(C(=O)N(CC=C)Cc3ccccc3)C23CC(Br)[C@@H]1S3. The van der Waals surface area contributed by atoms with Crippen LogP contribution >= 0.6 is 27.7 Å². The maximum Gasteiger partial charge on any atom is 0.310 e. The fourth-order valence-corrected chi connectivity index (χ4v) is 10.8. The summed E-state index contributed by atoms with van der Waals surface area (Å²) in [6, 6.07) is 17.9. The first-order valence-electron chi connectivity index (χ1n) is 15.4. The van der Waals surface area contributed by atoms with E-state index in [4.69, 9.17) is 4.74 Å². The van der Waals surface area contributed by atoms with Crippen molar-refractivity contribution in [1.82, 2.24) is 9.80 Å². The molecule has 0 radical (unpaired) electrons. The number of nitrogens with zero attached hydrogens (tertiary/aromatic N) is 2. The van der Waals surface area contributed by atoms with E-state index in [2.05, 4.69) is 29.1 Å². The van der Waals surface area contributed by atoms with Gasteiger partial charge in [-0.25, -0.2) is 0 Å². The molecule has 2 bridgehead atoms. The minimum Gasteiger partial charge on any atom is -0.465 e. The van der Waals surface area contributed by atoms with E-state index < -0.39 is 28.7 Å². The lowest BCUT2D eigenvalue weighted by Gasteiger charge is -2.40. The molecule has 3 fully saturated rings. The molecular weight excluding hydrogens is 640 g/mol. The van der Waals surface area contributed by atoms with E-state index in [0.29, 0.717) is 25.9 Å². The molecule has 2 amide bonds. The zero-order valence-corrected chi connectivity index (χ0v) is 27.3. The van der Waals surface area contributed by atoms with Crippen molar-refractivity contribution in [3.8, 4) is 0 Å². The number of allylic oxidation sites excluding steroid dienone is 1. The van der Waals surface area contributed by atoms with Gasteiger partial charge in [-0.2, -0.15) is 0 Å². The fraction of sp³-hybridized carbons (Fsp3) is 0.457. The third kappa shape index (κ3) is 6.28. The first-order chi connectivity index (χ1) is 21.4. The Labute approximate surface area is 272 Å². The van der Waals surface area contributed by atoms with Crippen molar-refractivity contribution < 1.29 is 24.2 Å². The summed E-state index contributed by atoms with van der Waals surface area (Å²) in [4.78, 5) is 46.4. The third-order valence-electron chi connectivity index (χ3n) is 9.08. The fourth-order valence-electron chi connectivity index (χ4n) is 7.17. The molecule has 2 aromatic carbocycles. The molecule has 1 spiro atoms. The maximum absolute atomic E-state index is 14.8. The van der Waals surface area contributed by atoms with Crippen LogP contribution in [0.4, 0.5) is 0 Å². The lowest BCUT2D eigenvalue weighted by molar-refractivity contribution is -0.154. The number of halogens is 1. The predicted octanol–water partition coefficient (Wildman–Crippen LogP) is 5.17. The summed E-state index contributed by atoms with van der Waals surface area (Å²) in [6.07, 6.45) is 6.93. The van der Waals surface area contributed by atoms with Gasteiger partial charge in [-0.15, -0.1) is 24.9 Å². The molecule has 3 heterocycles. The first-order valence-corrected chi connectivity index (χ1v) is 17.2. The number of aliphatic hydroxyl groups is 1. The van der Waals surface area contributed by atoms with Gasteiger partial charge in [-0.1, -0.05) is 88.7 Å². The minimum absolute atomic E-state index is 0.0613. The Kier molecular flexibility index (Phi) is 10.7. The molecule has 0 saturated carbocycles. The Morgan fingerprint density at radius 1 is 1.09 bits per heavy atom. The average molecular weight is 682 g/mol. The van der Waals surface area contributed by atoms with Gasteiger partial charge in [0.1, 0.15) is 6.04 Å². The number of carbonyl (C=O) groups is 3. The van der Waals surface area contributed by atoms with E-state index in [1.54, 1.807) is 27.6 Å². The van der Waals surface area contributed by atoms with Gasteiger partial charge in [-0.05, 0) is 43.2 Å². The van der Waals surface area contributed by atoms with Crippen molar-refractivity contribution in [1.29, 1.82) is 0 Å². The van der Waals surface area contributed by atoms with Crippen molar-refractivity contribution in [2.45, 2.75) is 65.6 Å². The number of hydrogen-bond donors (Lipinski definition) is 1. The molecule has 2 aromatic rings. The molecule has 3 unspecified atom stereocenters. The number of unbranched alkanes of at least 4 members (excludes halogenated alkanes) is 2. The zero-order chi connectivity index (χ0) is 31.3. The summed E-state index contributed by atoms with van der Waals surface area (Å²) in [5.74, 6) is -2.21. The number of likely N-dealkylation sites (tertiary alicyclic amines) is 1. The number of rotatable bonds is 15. The van der Waals surface area contributed by atoms with Crippen LogP contribution in [0, 0.1) is 11.8 Å². The zero-order valence-electron chi connectivity index (χ0n) is 24.9. The Bertz CT molecular complexity index is 1340. The summed E-state index contributed by atoms with van der Waals surface area (Å²) in [7, 11) is 0. The van der Waals surface area contributed by atoms with Crippen LogP contribution in [0.2, 0.25) is 0 Å². The molecule has 3 aliphatic heterocycles. The van der Waals surface area contributed by atoms with Crippen molar-refractivity contribution in [2.75, 3.05) is 19.8 Å². The lowest BCUT2D eigenvalue weighted by atomic mass is 9.71. The molecule has 234 valence electrons. The van der Waals surface area contributed by atoms with Crippen LogP contribution in [-0.2, 0) is 32.1 Å². The van der Waals surface area contributed by atoms with E-state index in [1.807, 2.05) is 66.7 Å². The molecule has 3 aliphatic rings. The van der Waals surface area contributed by atoms with Gasteiger partial charge in [0.05, 0.1) is 35.8 Å². The number of fused-ring (bicyclic) bond motifs is 1. The molecule has 0 aliphatic carbocycles. The normalized spacial score (nSPS) is 27.5. The highest BCUT2D eigenvalue weighted by Gasteiger charge is 2.76. The smallest absolute Gasteiger partial charge is 0.310 e.